The zero-order valence-electron chi connectivity index (χ0n) is 20.0. The van der Waals surface area contributed by atoms with Gasteiger partial charge >= 0.3 is 5.97 Å². The maximum absolute atomic E-state index is 11.7. The van der Waals surface area contributed by atoms with Crippen molar-refractivity contribution < 1.29 is 24.5 Å². The number of piperazine rings is 1. The van der Waals surface area contributed by atoms with Crippen molar-refractivity contribution in [2.24, 2.45) is 0 Å². The lowest BCUT2D eigenvalue weighted by Crippen LogP contribution is -2.49. The average Bonchev–Trinajstić information content (AvgIpc) is 3.41. The highest BCUT2D eigenvalue weighted by atomic mass is 16.6. The molecule has 0 spiro atoms. The van der Waals surface area contributed by atoms with E-state index in [0.717, 1.165) is 61.4 Å². The quantitative estimate of drug-likeness (QED) is 0.609. The highest BCUT2D eigenvalue weighted by Gasteiger charge is 2.26. The molecule has 1 aromatic rings. The molecule has 33 heavy (non-hydrogen) atoms. The van der Waals surface area contributed by atoms with Crippen LogP contribution in [0.1, 0.15) is 47.3 Å². The van der Waals surface area contributed by atoms with Crippen molar-refractivity contribution in [1.29, 1.82) is 0 Å². The van der Waals surface area contributed by atoms with Crippen LogP contribution in [0.4, 0.5) is 0 Å². The van der Waals surface area contributed by atoms with Crippen LogP contribution in [0.3, 0.4) is 0 Å². The third kappa shape index (κ3) is 5.39. The molecule has 0 aromatic heterocycles. The molecule has 2 saturated heterocycles. The zero-order chi connectivity index (χ0) is 23.5. The summed E-state index contributed by atoms with van der Waals surface area (Å²) in [6, 6.07) is 3.97. The predicted octanol–water partition coefficient (Wildman–Crippen LogP) is 2.19. The lowest BCUT2D eigenvalue weighted by molar-refractivity contribution is -0.0587. The SMILES string of the molecule is C/C=C(\C(C)=C1\COC(O)C1)C(O)CN1CCN(CCc2ccc3c(c2C)COC3=O)CC1. The number of aliphatic hydroxyl groups is 2. The van der Waals surface area contributed by atoms with Crippen LogP contribution < -0.4 is 0 Å². The Bertz CT molecular complexity index is 946. The molecule has 3 heterocycles. The smallest absolute Gasteiger partial charge is 0.338 e. The van der Waals surface area contributed by atoms with Gasteiger partial charge in [-0.05, 0) is 61.1 Å². The molecule has 0 saturated carbocycles. The molecule has 7 nitrogen and oxygen atoms in total. The number of benzene rings is 1. The summed E-state index contributed by atoms with van der Waals surface area (Å²) >= 11 is 0. The van der Waals surface area contributed by atoms with Crippen LogP contribution in [0, 0.1) is 6.92 Å². The summed E-state index contributed by atoms with van der Waals surface area (Å²) in [7, 11) is 0. The van der Waals surface area contributed by atoms with E-state index in [0.29, 0.717) is 31.7 Å². The van der Waals surface area contributed by atoms with E-state index in [-0.39, 0.29) is 5.97 Å². The number of ether oxygens (including phenoxy) is 2. The Morgan fingerprint density at radius 1 is 1.21 bits per heavy atom. The second-order valence-corrected chi connectivity index (χ2v) is 9.30. The van der Waals surface area contributed by atoms with E-state index >= 15 is 0 Å². The molecule has 180 valence electrons. The van der Waals surface area contributed by atoms with Crippen LogP contribution in [0.15, 0.2) is 34.9 Å². The number of esters is 1. The number of hydrogen-bond acceptors (Lipinski definition) is 7. The standard InChI is InChI=1S/C26H36N2O5/c1-4-21(18(3)20-13-25(30)32-15-20)24(29)14-28-11-9-27(10-12-28)8-7-19-5-6-22-23(17(19)2)16-33-26(22)31/h4-6,24-25,29-30H,7-16H2,1-3H3/b20-18+,21-4+. The van der Waals surface area contributed by atoms with Gasteiger partial charge in [-0.1, -0.05) is 12.1 Å². The van der Waals surface area contributed by atoms with Crippen molar-refractivity contribution in [2.45, 2.75) is 52.6 Å². The van der Waals surface area contributed by atoms with Gasteiger partial charge in [-0.2, -0.15) is 0 Å². The van der Waals surface area contributed by atoms with Crippen molar-refractivity contribution in [1.82, 2.24) is 9.80 Å². The molecule has 2 fully saturated rings. The third-order valence-electron chi connectivity index (χ3n) is 7.38. The van der Waals surface area contributed by atoms with Crippen LogP contribution in [0.25, 0.3) is 0 Å². The number of aliphatic hydroxyl groups excluding tert-OH is 2. The van der Waals surface area contributed by atoms with Gasteiger partial charge in [0.15, 0.2) is 6.29 Å². The van der Waals surface area contributed by atoms with E-state index in [1.807, 2.05) is 26.0 Å². The second kappa shape index (κ2) is 10.5. The van der Waals surface area contributed by atoms with Gasteiger partial charge in [-0.15, -0.1) is 0 Å². The summed E-state index contributed by atoms with van der Waals surface area (Å²) in [6.07, 6.45) is 2.17. The topological polar surface area (TPSA) is 82.5 Å². The number of β-amino-alcohol motifs (C(OH)–C–C–N with tert-alkyl or cyclic N) is 1. The molecule has 2 N–H and O–H groups in total. The van der Waals surface area contributed by atoms with Gasteiger partial charge in [-0.25, -0.2) is 4.79 Å². The summed E-state index contributed by atoms with van der Waals surface area (Å²) in [5, 5.41) is 20.5. The lowest BCUT2D eigenvalue weighted by Gasteiger charge is -2.36. The molecule has 0 aliphatic carbocycles. The van der Waals surface area contributed by atoms with Crippen LogP contribution >= 0.6 is 0 Å². The maximum Gasteiger partial charge on any atom is 0.338 e. The normalized spacial score (nSPS) is 24.7. The van der Waals surface area contributed by atoms with Crippen LogP contribution in [0.5, 0.6) is 0 Å². The first-order valence-electron chi connectivity index (χ1n) is 11.9. The fraction of sp³-hybridized carbons (Fsp3) is 0.577. The summed E-state index contributed by atoms with van der Waals surface area (Å²) in [4.78, 5) is 16.5. The van der Waals surface area contributed by atoms with E-state index in [1.165, 1.54) is 11.1 Å². The molecular weight excluding hydrogens is 420 g/mol. The molecule has 1 aromatic carbocycles. The number of carbonyl (C=O) groups excluding carboxylic acids is 1. The minimum absolute atomic E-state index is 0.209. The van der Waals surface area contributed by atoms with Gasteiger partial charge in [0.2, 0.25) is 0 Å². The Kier molecular flexibility index (Phi) is 7.66. The first kappa shape index (κ1) is 24.1. The Morgan fingerprint density at radius 2 is 1.94 bits per heavy atom. The van der Waals surface area contributed by atoms with Gasteiger partial charge in [0.25, 0.3) is 0 Å². The number of cyclic esters (lactones) is 1. The van der Waals surface area contributed by atoms with E-state index in [4.69, 9.17) is 9.47 Å². The zero-order valence-corrected chi connectivity index (χ0v) is 20.0. The Labute approximate surface area is 196 Å². The first-order chi connectivity index (χ1) is 15.9. The van der Waals surface area contributed by atoms with Crippen molar-refractivity contribution in [2.75, 3.05) is 45.9 Å². The van der Waals surface area contributed by atoms with Crippen LogP contribution in [-0.4, -0.2) is 84.3 Å². The number of rotatable bonds is 7. The molecule has 3 aliphatic heterocycles. The summed E-state index contributed by atoms with van der Waals surface area (Å²) < 4.78 is 10.4. The predicted molar refractivity (Wildman–Crippen MR) is 126 cm³/mol. The number of nitrogens with zero attached hydrogens (tertiary/aromatic N) is 2. The van der Waals surface area contributed by atoms with E-state index < -0.39 is 12.4 Å². The molecule has 3 aliphatic rings. The fourth-order valence-electron chi connectivity index (χ4n) is 5.14. The molecule has 7 heteroatoms. The van der Waals surface area contributed by atoms with Gasteiger partial charge in [0, 0.05) is 51.3 Å². The summed E-state index contributed by atoms with van der Waals surface area (Å²) in [6.45, 7) is 12.3. The minimum Gasteiger partial charge on any atom is -0.457 e. The highest BCUT2D eigenvalue weighted by Crippen LogP contribution is 2.28. The molecule has 4 rings (SSSR count). The van der Waals surface area contributed by atoms with E-state index in [9.17, 15) is 15.0 Å². The Hall–Kier alpha value is -2.03. The van der Waals surface area contributed by atoms with E-state index in [1.54, 1.807) is 0 Å². The molecule has 2 atom stereocenters. The number of fused-ring (bicyclic) bond motifs is 1. The molecule has 0 bridgehead atoms. The molecule has 2 unspecified atom stereocenters. The van der Waals surface area contributed by atoms with Crippen LogP contribution in [0.2, 0.25) is 0 Å². The van der Waals surface area contributed by atoms with Gasteiger partial charge in [0.05, 0.1) is 18.3 Å². The molecular formula is C26H36N2O5. The number of allylic oxidation sites excluding steroid dienone is 1. The first-order valence-corrected chi connectivity index (χ1v) is 11.9. The molecule has 0 amide bonds. The average molecular weight is 457 g/mol. The van der Waals surface area contributed by atoms with Gasteiger partial charge in [-0.3, -0.25) is 4.90 Å². The number of hydrogen-bond donors (Lipinski definition) is 2. The van der Waals surface area contributed by atoms with Crippen molar-refractivity contribution in [3.8, 4) is 0 Å². The molecule has 0 radical (unpaired) electrons. The van der Waals surface area contributed by atoms with Crippen molar-refractivity contribution in [3.05, 3.63) is 57.2 Å². The summed E-state index contributed by atoms with van der Waals surface area (Å²) in [5.41, 5.74) is 7.26. The second-order valence-electron chi connectivity index (χ2n) is 9.30. The van der Waals surface area contributed by atoms with Gasteiger partial charge in [0.1, 0.15) is 6.61 Å². The fourth-order valence-corrected chi connectivity index (χ4v) is 5.14. The highest BCUT2D eigenvalue weighted by molar-refractivity contribution is 5.93. The minimum atomic E-state index is -0.727. The third-order valence-corrected chi connectivity index (χ3v) is 7.38. The van der Waals surface area contributed by atoms with E-state index in [2.05, 4.69) is 22.8 Å². The summed E-state index contributed by atoms with van der Waals surface area (Å²) in [5.74, 6) is -0.209. The van der Waals surface area contributed by atoms with Gasteiger partial charge < -0.3 is 24.6 Å². The largest absolute Gasteiger partial charge is 0.457 e. The number of carbonyl (C=O) groups is 1. The van der Waals surface area contributed by atoms with Crippen molar-refractivity contribution in [3.63, 3.8) is 0 Å². The maximum atomic E-state index is 11.7. The van der Waals surface area contributed by atoms with Crippen molar-refractivity contribution >= 4 is 5.97 Å². The van der Waals surface area contributed by atoms with Crippen LogP contribution in [-0.2, 0) is 22.5 Å². The Morgan fingerprint density at radius 3 is 2.61 bits per heavy atom. The Balaban J connectivity index is 1.26. The monoisotopic (exact) mass is 456 g/mol. The lowest BCUT2D eigenvalue weighted by atomic mass is 9.95.